The molecule has 2 saturated heterocycles. The van der Waals surface area contributed by atoms with Crippen LogP contribution < -0.4 is 4.74 Å². The van der Waals surface area contributed by atoms with Gasteiger partial charge in [-0.2, -0.15) is 13.2 Å². The number of amides is 1. The van der Waals surface area contributed by atoms with Crippen LogP contribution >= 0.6 is 0 Å². The van der Waals surface area contributed by atoms with E-state index in [4.69, 9.17) is 4.74 Å². The van der Waals surface area contributed by atoms with Crippen molar-refractivity contribution in [3.63, 3.8) is 0 Å². The van der Waals surface area contributed by atoms with Gasteiger partial charge in [0.15, 0.2) is 0 Å². The molecule has 0 radical (unpaired) electrons. The minimum Gasteiger partial charge on any atom is -0.489 e. The maximum atomic E-state index is 12.8. The first-order chi connectivity index (χ1) is 13.9. The first-order valence-corrected chi connectivity index (χ1v) is 9.94. The summed E-state index contributed by atoms with van der Waals surface area (Å²) in [6.45, 7) is 0. The highest BCUT2D eigenvalue weighted by Crippen LogP contribution is 2.38. The minimum atomic E-state index is -4.34. The molecule has 29 heavy (non-hydrogen) atoms. The van der Waals surface area contributed by atoms with Crippen LogP contribution in [0.1, 0.15) is 43.2 Å². The number of carbonyl (C=O) groups is 1. The fourth-order valence-corrected chi connectivity index (χ4v) is 4.48. The number of halogens is 3. The molecule has 0 spiro atoms. The number of aryl methyl sites for hydroxylation is 1. The molecule has 2 unspecified atom stereocenters. The molecule has 1 amide bonds. The molecule has 2 aliphatic heterocycles. The molecule has 2 aromatic rings. The Morgan fingerprint density at radius 2 is 1.79 bits per heavy atom. The van der Waals surface area contributed by atoms with E-state index in [0.717, 1.165) is 49.1 Å². The summed E-state index contributed by atoms with van der Waals surface area (Å²) < 4.78 is 44.0. The lowest BCUT2D eigenvalue weighted by atomic mass is 9.98. The van der Waals surface area contributed by atoms with Gasteiger partial charge < -0.3 is 9.64 Å². The Bertz CT molecular complexity index is 825. The summed E-state index contributed by atoms with van der Waals surface area (Å²) in [5.74, 6) is 0.830. The molecule has 0 saturated carbocycles. The molecule has 0 aliphatic carbocycles. The maximum Gasteiger partial charge on any atom is 0.416 e. The number of hydrogen-bond donors (Lipinski definition) is 0. The van der Waals surface area contributed by atoms with Gasteiger partial charge in [0.25, 0.3) is 0 Å². The van der Waals surface area contributed by atoms with Crippen molar-refractivity contribution in [3.8, 4) is 5.75 Å². The molecule has 4 rings (SSSR count). The topological polar surface area (TPSA) is 42.4 Å². The fourth-order valence-electron chi connectivity index (χ4n) is 4.48. The molecule has 7 heteroatoms. The Labute approximate surface area is 167 Å². The van der Waals surface area contributed by atoms with Gasteiger partial charge in [-0.05, 0) is 49.1 Å². The van der Waals surface area contributed by atoms with Crippen molar-refractivity contribution in [3.05, 3.63) is 59.9 Å². The van der Waals surface area contributed by atoms with Crippen LogP contribution in [0.25, 0.3) is 0 Å². The number of pyridine rings is 1. The Hall–Kier alpha value is -2.57. The normalized spacial score (nSPS) is 23.8. The molecule has 2 atom stereocenters. The monoisotopic (exact) mass is 404 g/mol. The highest BCUT2D eigenvalue weighted by molar-refractivity contribution is 5.77. The standard InChI is InChI=1S/C22H23F3N2O2/c23-22(24,25)16-6-3-15(4-7-16)5-10-21(28)27-17-8-9-18(27)13-20(12-17)29-19-2-1-11-26-14-19/h1-4,6-7,11,14,17-18,20H,5,8-10,12-13H2. The van der Waals surface area contributed by atoms with Gasteiger partial charge >= 0.3 is 6.18 Å². The van der Waals surface area contributed by atoms with Gasteiger partial charge in [0, 0.05) is 37.5 Å². The lowest BCUT2D eigenvalue weighted by molar-refractivity contribution is -0.138. The van der Waals surface area contributed by atoms with E-state index in [0.29, 0.717) is 12.8 Å². The lowest BCUT2D eigenvalue weighted by Gasteiger charge is -2.39. The Kier molecular flexibility index (Phi) is 5.48. The van der Waals surface area contributed by atoms with Crippen molar-refractivity contribution in [2.24, 2.45) is 0 Å². The van der Waals surface area contributed by atoms with Crippen molar-refractivity contribution >= 4 is 5.91 Å². The fraction of sp³-hybridized carbons (Fsp3) is 0.455. The first kappa shape index (κ1) is 19.7. The number of nitrogens with zero attached hydrogens (tertiary/aromatic N) is 2. The molecule has 1 aromatic carbocycles. The van der Waals surface area contributed by atoms with E-state index in [9.17, 15) is 18.0 Å². The van der Waals surface area contributed by atoms with E-state index in [2.05, 4.69) is 4.98 Å². The predicted octanol–water partition coefficient (Wildman–Crippen LogP) is 4.63. The number of alkyl halides is 3. The van der Waals surface area contributed by atoms with Crippen LogP contribution in [0, 0.1) is 0 Å². The highest BCUT2D eigenvalue weighted by atomic mass is 19.4. The molecule has 154 valence electrons. The van der Waals surface area contributed by atoms with Crippen LogP contribution in [0.3, 0.4) is 0 Å². The van der Waals surface area contributed by atoms with Crippen LogP contribution in [0.15, 0.2) is 48.8 Å². The molecule has 2 fully saturated rings. The number of aromatic nitrogens is 1. The van der Waals surface area contributed by atoms with Gasteiger partial charge in [0.05, 0.1) is 11.8 Å². The number of benzene rings is 1. The summed E-state index contributed by atoms with van der Waals surface area (Å²) in [5, 5.41) is 0. The van der Waals surface area contributed by atoms with E-state index >= 15 is 0 Å². The number of piperidine rings is 1. The van der Waals surface area contributed by atoms with E-state index in [1.54, 1.807) is 12.4 Å². The molecule has 0 N–H and O–H groups in total. The molecular weight excluding hydrogens is 381 g/mol. The summed E-state index contributed by atoms with van der Waals surface area (Å²) >= 11 is 0. The number of rotatable bonds is 5. The number of ether oxygens (including phenoxy) is 1. The zero-order valence-corrected chi connectivity index (χ0v) is 15.9. The number of hydrogen-bond acceptors (Lipinski definition) is 3. The lowest BCUT2D eigenvalue weighted by Crippen LogP contribution is -2.49. The highest BCUT2D eigenvalue weighted by Gasteiger charge is 2.43. The van der Waals surface area contributed by atoms with E-state index in [-0.39, 0.29) is 24.1 Å². The largest absolute Gasteiger partial charge is 0.489 e. The van der Waals surface area contributed by atoms with E-state index < -0.39 is 11.7 Å². The third-order valence-corrected chi connectivity index (χ3v) is 5.82. The van der Waals surface area contributed by atoms with E-state index in [1.165, 1.54) is 12.1 Å². The average molecular weight is 404 g/mol. The molecular formula is C22H23F3N2O2. The van der Waals surface area contributed by atoms with E-state index in [1.807, 2.05) is 17.0 Å². The SMILES string of the molecule is O=C(CCc1ccc(C(F)(F)F)cc1)N1C2CCC1CC(Oc1cccnc1)C2. The van der Waals surface area contributed by atoms with Crippen molar-refractivity contribution in [2.75, 3.05) is 0 Å². The van der Waals surface area contributed by atoms with Gasteiger partial charge in [-0.25, -0.2) is 0 Å². The van der Waals surface area contributed by atoms with Crippen molar-refractivity contribution in [2.45, 2.75) is 62.9 Å². The van der Waals surface area contributed by atoms with Crippen molar-refractivity contribution < 1.29 is 22.7 Å². The van der Waals surface area contributed by atoms with Crippen LogP contribution in [-0.4, -0.2) is 34.0 Å². The van der Waals surface area contributed by atoms with Gasteiger partial charge in [0.2, 0.25) is 5.91 Å². The zero-order chi connectivity index (χ0) is 20.4. The summed E-state index contributed by atoms with van der Waals surface area (Å²) in [6, 6.07) is 9.14. The van der Waals surface area contributed by atoms with Crippen LogP contribution in [0.5, 0.6) is 5.75 Å². The second-order valence-electron chi connectivity index (χ2n) is 7.78. The number of fused-ring (bicyclic) bond motifs is 2. The third-order valence-electron chi connectivity index (χ3n) is 5.82. The maximum absolute atomic E-state index is 12.8. The van der Waals surface area contributed by atoms with Crippen molar-refractivity contribution in [1.29, 1.82) is 0 Å². The van der Waals surface area contributed by atoms with Crippen molar-refractivity contribution in [1.82, 2.24) is 9.88 Å². The average Bonchev–Trinajstić information content (AvgIpc) is 2.97. The van der Waals surface area contributed by atoms with Crippen LogP contribution in [0.4, 0.5) is 13.2 Å². The smallest absolute Gasteiger partial charge is 0.416 e. The quantitative estimate of drug-likeness (QED) is 0.730. The van der Waals surface area contributed by atoms with Gasteiger partial charge in [-0.3, -0.25) is 9.78 Å². The third kappa shape index (κ3) is 4.54. The van der Waals surface area contributed by atoms with Gasteiger partial charge in [0.1, 0.15) is 11.9 Å². The van der Waals surface area contributed by atoms with Crippen LogP contribution in [0.2, 0.25) is 0 Å². The Balaban J connectivity index is 1.32. The molecule has 4 nitrogen and oxygen atoms in total. The second-order valence-corrected chi connectivity index (χ2v) is 7.78. The Morgan fingerprint density at radius 1 is 1.10 bits per heavy atom. The minimum absolute atomic E-state index is 0.0793. The summed E-state index contributed by atoms with van der Waals surface area (Å²) in [7, 11) is 0. The summed E-state index contributed by atoms with van der Waals surface area (Å²) in [4.78, 5) is 18.9. The summed E-state index contributed by atoms with van der Waals surface area (Å²) in [6.07, 6.45) is 3.46. The van der Waals surface area contributed by atoms with Gasteiger partial charge in [-0.15, -0.1) is 0 Å². The molecule has 2 aliphatic rings. The van der Waals surface area contributed by atoms with Gasteiger partial charge in [-0.1, -0.05) is 12.1 Å². The zero-order valence-electron chi connectivity index (χ0n) is 15.9. The molecule has 1 aromatic heterocycles. The number of carbonyl (C=O) groups excluding carboxylic acids is 1. The predicted molar refractivity (Wildman–Crippen MR) is 101 cm³/mol. The second kappa shape index (κ2) is 8.05. The first-order valence-electron chi connectivity index (χ1n) is 9.94. The molecule has 3 heterocycles. The van der Waals surface area contributed by atoms with Crippen LogP contribution in [-0.2, 0) is 17.4 Å². The summed E-state index contributed by atoms with van der Waals surface area (Å²) in [5.41, 5.74) is 0.0785. The Morgan fingerprint density at radius 3 is 2.38 bits per heavy atom. The molecule has 2 bridgehead atoms.